The van der Waals surface area contributed by atoms with Gasteiger partial charge in [0.15, 0.2) is 0 Å². The molecule has 4 rings (SSSR count). The topological polar surface area (TPSA) is 49.9 Å². The number of morpholine rings is 1. The van der Waals surface area contributed by atoms with Crippen LogP contribution in [0.5, 0.6) is 0 Å². The second-order valence-corrected chi connectivity index (χ2v) is 9.01. The van der Waals surface area contributed by atoms with Gasteiger partial charge < -0.3 is 14.5 Å². The second kappa shape index (κ2) is 9.26. The minimum Gasteiger partial charge on any atom is -0.378 e. The van der Waals surface area contributed by atoms with Crippen molar-refractivity contribution < 1.29 is 14.3 Å². The van der Waals surface area contributed by atoms with Gasteiger partial charge in [-0.15, -0.1) is 11.3 Å². The van der Waals surface area contributed by atoms with Crippen LogP contribution >= 0.6 is 11.3 Å². The first-order valence-electron chi connectivity index (χ1n) is 10.9. The number of ether oxygens (including phenoxy) is 1. The Hall–Kier alpha value is -1.92. The highest BCUT2D eigenvalue weighted by Crippen LogP contribution is 2.35. The van der Waals surface area contributed by atoms with Crippen molar-refractivity contribution in [3.8, 4) is 0 Å². The van der Waals surface area contributed by atoms with E-state index in [2.05, 4.69) is 17.0 Å². The summed E-state index contributed by atoms with van der Waals surface area (Å²) >= 11 is 1.60. The quantitative estimate of drug-likeness (QED) is 0.757. The summed E-state index contributed by atoms with van der Waals surface area (Å²) in [7, 11) is 0. The maximum absolute atomic E-state index is 13.4. The van der Waals surface area contributed by atoms with Crippen molar-refractivity contribution in [3.05, 3.63) is 34.7 Å². The largest absolute Gasteiger partial charge is 0.378 e. The van der Waals surface area contributed by atoms with E-state index in [1.807, 2.05) is 24.0 Å². The van der Waals surface area contributed by atoms with E-state index in [1.54, 1.807) is 11.3 Å². The lowest BCUT2D eigenvalue weighted by Crippen LogP contribution is -2.42. The molecule has 1 aromatic carbocycles. The Morgan fingerprint density at radius 3 is 2.69 bits per heavy atom. The smallest absolute Gasteiger partial charge is 0.264 e. The third-order valence-electron chi connectivity index (χ3n) is 6.13. The number of fused-ring (bicyclic) bond motifs is 1. The molecule has 0 spiro atoms. The van der Waals surface area contributed by atoms with E-state index in [-0.39, 0.29) is 17.9 Å². The molecule has 156 valence electrons. The van der Waals surface area contributed by atoms with E-state index in [9.17, 15) is 9.59 Å². The fourth-order valence-corrected chi connectivity index (χ4v) is 5.74. The summed E-state index contributed by atoms with van der Waals surface area (Å²) in [6, 6.07) is 8.48. The van der Waals surface area contributed by atoms with E-state index in [4.69, 9.17) is 4.74 Å². The summed E-state index contributed by atoms with van der Waals surface area (Å²) in [5, 5.41) is 1.17. The molecule has 1 atom stereocenters. The van der Waals surface area contributed by atoms with Gasteiger partial charge in [0.2, 0.25) is 5.91 Å². The molecule has 0 N–H and O–H groups in total. The zero-order valence-electron chi connectivity index (χ0n) is 17.2. The number of amides is 2. The van der Waals surface area contributed by atoms with E-state index < -0.39 is 0 Å². The fraction of sp³-hybridized carbons (Fsp3) is 0.565. The number of benzene rings is 1. The Morgan fingerprint density at radius 1 is 1.10 bits per heavy atom. The maximum Gasteiger partial charge on any atom is 0.264 e. The van der Waals surface area contributed by atoms with Crippen LogP contribution in [0, 0.1) is 0 Å². The summed E-state index contributed by atoms with van der Waals surface area (Å²) in [4.78, 5) is 30.8. The molecule has 0 radical (unpaired) electrons. The number of rotatable bonds is 4. The third-order valence-corrected chi connectivity index (χ3v) is 7.33. The van der Waals surface area contributed by atoms with Gasteiger partial charge in [-0.25, -0.2) is 0 Å². The first-order valence-corrected chi connectivity index (χ1v) is 11.7. The van der Waals surface area contributed by atoms with Gasteiger partial charge >= 0.3 is 0 Å². The molecule has 29 heavy (non-hydrogen) atoms. The predicted molar refractivity (Wildman–Crippen MR) is 117 cm³/mol. The summed E-state index contributed by atoms with van der Waals surface area (Å²) in [5.74, 6) is 0.351. The SMILES string of the molecule is CCC(=O)N1CCCCCC1Cc1c(C(=O)N2CCOCC2)sc2ccccc12. The molecule has 0 aliphatic carbocycles. The molecular formula is C23H30N2O3S. The van der Waals surface area contributed by atoms with Gasteiger partial charge in [0.25, 0.3) is 5.91 Å². The summed E-state index contributed by atoms with van der Waals surface area (Å²) in [6.45, 7) is 5.29. The van der Waals surface area contributed by atoms with Crippen molar-refractivity contribution in [2.45, 2.75) is 51.5 Å². The molecule has 1 unspecified atom stereocenters. The Bertz CT molecular complexity index is 872. The van der Waals surface area contributed by atoms with Crippen molar-refractivity contribution in [1.29, 1.82) is 0 Å². The van der Waals surface area contributed by atoms with Crippen molar-refractivity contribution in [2.24, 2.45) is 0 Å². The highest BCUT2D eigenvalue weighted by molar-refractivity contribution is 7.21. The number of likely N-dealkylation sites (tertiary alicyclic amines) is 1. The Labute approximate surface area is 176 Å². The van der Waals surface area contributed by atoms with Gasteiger partial charge in [-0.1, -0.05) is 38.0 Å². The normalized spacial score (nSPS) is 20.7. The monoisotopic (exact) mass is 414 g/mol. The number of thiophene rings is 1. The van der Waals surface area contributed by atoms with Crippen molar-refractivity contribution in [2.75, 3.05) is 32.8 Å². The first kappa shape index (κ1) is 20.4. The lowest BCUT2D eigenvalue weighted by atomic mass is 9.97. The molecule has 3 heterocycles. The summed E-state index contributed by atoms with van der Waals surface area (Å²) in [5.41, 5.74) is 1.13. The summed E-state index contributed by atoms with van der Waals surface area (Å²) < 4.78 is 6.58. The Balaban J connectivity index is 1.69. The van der Waals surface area contributed by atoms with Gasteiger partial charge in [-0.3, -0.25) is 9.59 Å². The molecule has 2 fully saturated rings. The van der Waals surface area contributed by atoms with Crippen LogP contribution in [0.15, 0.2) is 24.3 Å². The molecule has 2 aromatic rings. The predicted octanol–water partition coefficient (Wildman–Crippen LogP) is 4.10. The lowest BCUT2D eigenvalue weighted by Gasteiger charge is -2.31. The molecule has 0 saturated carbocycles. The average Bonchev–Trinajstić information content (AvgIpc) is 2.96. The van der Waals surface area contributed by atoms with Crippen LogP contribution in [-0.2, 0) is 16.0 Å². The molecule has 2 aliphatic heterocycles. The Kier molecular flexibility index (Phi) is 6.50. The standard InChI is InChI=1S/C23H30N2O3S/c1-2-21(26)25-11-7-3-4-8-17(25)16-19-18-9-5-6-10-20(18)29-22(19)23(27)24-12-14-28-15-13-24/h5-6,9-10,17H,2-4,7-8,11-16H2,1H3. The number of nitrogens with zero attached hydrogens (tertiary/aromatic N) is 2. The number of hydrogen-bond donors (Lipinski definition) is 0. The molecule has 2 aliphatic rings. The minimum absolute atomic E-state index is 0.117. The molecule has 2 saturated heterocycles. The van der Waals surface area contributed by atoms with Crippen molar-refractivity contribution >= 4 is 33.2 Å². The second-order valence-electron chi connectivity index (χ2n) is 7.96. The first-order chi connectivity index (χ1) is 14.2. The van der Waals surface area contributed by atoms with Crippen molar-refractivity contribution in [1.82, 2.24) is 9.80 Å². The van der Waals surface area contributed by atoms with Crippen molar-refractivity contribution in [3.63, 3.8) is 0 Å². The van der Waals surface area contributed by atoms with Crippen LogP contribution < -0.4 is 0 Å². The molecule has 2 amide bonds. The Morgan fingerprint density at radius 2 is 1.90 bits per heavy atom. The van der Waals surface area contributed by atoms with E-state index in [1.165, 1.54) is 11.8 Å². The van der Waals surface area contributed by atoms with E-state index in [0.29, 0.717) is 32.7 Å². The summed E-state index contributed by atoms with van der Waals surface area (Å²) in [6.07, 6.45) is 5.72. The van der Waals surface area contributed by atoms with Crippen LogP contribution in [0.4, 0.5) is 0 Å². The number of carbonyl (C=O) groups is 2. The van der Waals surface area contributed by atoms with Gasteiger partial charge in [0, 0.05) is 36.8 Å². The van der Waals surface area contributed by atoms with Crippen LogP contribution in [-0.4, -0.2) is 60.5 Å². The zero-order valence-corrected chi connectivity index (χ0v) is 18.0. The third kappa shape index (κ3) is 4.33. The highest BCUT2D eigenvalue weighted by atomic mass is 32.1. The van der Waals surface area contributed by atoms with Crippen LogP contribution in [0.2, 0.25) is 0 Å². The average molecular weight is 415 g/mol. The molecule has 1 aromatic heterocycles. The van der Waals surface area contributed by atoms with Crippen LogP contribution in [0.1, 0.15) is 54.3 Å². The van der Waals surface area contributed by atoms with E-state index >= 15 is 0 Å². The number of carbonyl (C=O) groups excluding carboxylic acids is 2. The molecule has 6 heteroatoms. The van der Waals surface area contributed by atoms with E-state index in [0.717, 1.165) is 47.4 Å². The van der Waals surface area contributed by atoms with Gasteiger partial charge in [-0.2, -0.15) is 0 Å². The minimum atomic E-state index is 0.117. The van der Waals surface area contributed by atoms with Crippen LogP contribution in [0.25, 0.3) is 10.1 Å². The zero-order chi connectivity index (χ0) is 20.2. The highest BCUT2D eigenvalue weighted by Gasteiger charge is 2.30. The van der Waals surface area contributed by atoms with Crippen LogP contribution in [0.3, 0.4) is 0 Å². The van der Waals surface area contributed by atoms with Gasteiger partial charge in [0.1, 0.15) is 0 Å². The van der Waals surface area contributed by atoms with Gasteiger partial charge in [-0.05, 0) is 36.3 Å². The fourth-order valence-electron chi connectivity index (χ4n) is 4.54. The lowest BCUT2D eigenvalue weighted by molar-refractivity contribution is -0.133. The molecule has 0 bridgehead atoms. The maximum atomic E-state index is 13.4. The molecule has 5 nitrogen and oxygen atoms in total. The molecular weight excluding hydrogens is 384 g/mol. The number of hydrogen-bond acceptors (Lipinski definition) is 4. The van der Waals surface area contributed by atoms with Gasteiger partial charge in [0.05, 0.1) is 18.1 Å².